The Morgan fingerprint density at radius 3 is 2.71 bits per heavy atom. The molecule has 0 spiro atoms. The maximum absolute atomic E-state index is 13.1. The van der Waals surface area contributed by atoms with Crippen molar-refractivity contribution in [3.63, 3.8) is 0 Å². The van der Waals surface area contributed by atoms with Crippen LogP contribution in [0.5, 0.6) is 0 Å². The highest BCUT2D eigenvalue weighted by Gasteiger charge is 2.09. The van der Waals surface area contributed by atoms with E-state index in [1.165, 1.54) is 12.1 Å². The average Bonchev–Trinajstić information content (AvgIpc) is 2.48. The standard InChI is InChI=1S/C17H19FN2O/c1-2-19-16-9-4-3-8-15(16)17(21)20-11-10-13-6-5-7-14(18)12-13/h3-9,12,19H,2,10-11H2,1H3,(H,20,21). The molecule has 0 saturated carbocycles. The van der Waals surface area contributed by atoms with Gasteiger partial charge < -0.3 is 10.6 Å². The van der Waals surface area contributed by atoms with Crippen LogP contribution < -0.4 is 10.6 Å². The second-order valence-corrected chi connectivity index (χ2v) is 4.71. The fourth-order valence-electron chi connectivity index (χ4n) is 2.13. The zero-order valence-corrected chi connectivity index (χ0v) is 12.0. The summed E-state index contributed by atoms with van der Waals surface area (Å²) in [4.78, 5) is 12.2. The predicted molar refractivity (Wildman–Crippen MR) is 83.0 cm³/mol. The Kier molecular flexibility index (Phi) is 5.32. The lowest BCUT2D eigenvalue weighted by Crippen LogP contribution is -2.26. The molecule has 4 heteroatoms. The zero-order chi connectivity index (χ0) is 15.1. The summed E-state index contributed by atoms with van der Waals surface area (Å²) in [6, 6.07) is 13.8. The summed E-state index contributed by atoms with van der Waals surface area (Å²) in [5.74, 6) is -0.376. The largest absolute Gasteiger partial charge is 0.385 e. The molecule has 2 aromatic rings. The summed E-state index contributed by atoms with van der Waals surface area (Å²) in [7, 11) is 0. The van der Waals surface area contributed by atoms with Crippen molar-refractivity contribution < 1.29 is 9.18 Å². The Labute approximate surface area is 124 Å². The minimum atomic E-state index is -0.253. The molecule has 0 fully saturated rings. The van der Waals surface area contributed by atoms with E-state index in [4.69, 9.17) is 0 Å². The summed E-state index contributed by atoms with van der Waals surface area (Å²) >= 11 is 0. The number of para-hydroxylation sites is 1. The van der Waals surface area contributed by atoms with Crippen LogP contribution in [0.3, 0.4) is 0 Å². The van der Waals surface area contributed by atoms with Crippen LogP contribution in [0.1, 0.15) is 22.8 Å². The number of hydrogen-bond acceptors (Lipinski definition) is 2. The molecule has 0 atom stereocenters. The molecule has 0 aliphatic heterocycles. The van der Waals surface area contributed by atoms with Gasteiger partial charge >= 0.3 is 0 Å². The van der Waals surface area contributed by atoms with E-state index in [9.17, 15) is 9.18 Å². The highest BCUT2D eigenvalue weighted by Crippen LogP contribution is 2.14. The Balaban J connectivity index is 1.93. The third-order valence-corrected chi connectivity index (χ3v) is 3.13. The van der Waals surface area contributed by atoms with Crippen molar-refractivity contribution >= 4 is 11.6 Å². The fourth-order valence-corrected chi connectivity index (χ4v) is 2.13. The summed E-state index contributed by atoms with van der Waals surface area (Å²) in [6.07, 6.45) is 0.604. The molecule has 0 aliphatic rings. The van der Waals surface area contributed by atoms with Crippen molar-refractivity contribution in [3.05, 3.63) is 65.5 Å². The highest BCUT2D eigenvalue weighted by atomic mass is 19.1. The van der Waals surface area contributed by atoms with Gasteiger partial charge in [0.15, 0.2) is 0 Å². The number of carbonyl (C=O) groups is 1. The van der Waals surface area contributed by atoms with Gasteiger partial charge in [-0.25, -0.2) is 4.39 Å². The van der Waals surface area contributed by atoms with Crippen LogP contribution in [-0.2, 0) is 6.42 Å². The van der Waals surface area contributed by atoms with E-state index in [-0.39, 0.29) is 11.7 Å². The van der Waals surface area contributed by atoms with Crippen molar-refractivity contribution in [2.45, 2.75) is 13.3 Å². The van der Waals surface area contributed by atoms with Gasteiger partial charge in [-0.2, -0.15) is 0 Å². The number of carbonyl (C=O) groups excluding carboxylic acids is 1. The topological polar surface area (TPSA) is 41.1 Å². The molecule has 2 N–H and O–H groups in total. The highest BCUT2D eigenvalue weighted by molar-refractivity contribution is 5.99. The Morgan fingerprint density at radius 1 is 1.14 bits per heavy atom. The maximum atomic E-state index is 13.1. The van der Waals surface area contributed by atoms with Gasteiger partial charge in [0.05, 0.1) is 5.56 Å². The van der Waals surface area contributed by atoms with E-state index in [0.29, 0.717) is 18.5 Å². The van der Waals surface area contributed by atoms with Crippen molar-refractivity contribution in [1.82, 2.24) is 5.32 Å². The molecule has 0 radical (unpaired) electrons. The summed E-state index contributed by atoms with van der Waals surface area (Å²) < 4.78 is 13.1. The van der Waals surface area contributed by atoms with Gasteiger partial charge in [-0.15, -0.1) is 0 Å². The van der Waals surface area contributed by atoms with Crippen LogP contribution in [0.15, 0.2) is 48.5 Å². The first kappa shape index (κ1) is 15.0. The van der Waals surface area contributed by atoms with E-state index >= 15 is 0 Å². The van der Waals surface area contributed by atoms with Gasteiger partial charge in [-0.3, -0.25) is 4.79 Å². The molecule has 0 heterocycles. The molecule has 0 unspecified atom stereocenters. The first-order valence-corrected chi connectivity index (χ1v) is 7.06. The quantitative estimate of drug-likeness (QED) is 0.856. The summed E-state index contributed by atoms with van der Waals surface area (Å²) in [6.45, 7) is 3.22. The van der Waals surface area contributed by atoms with Gasteiger partial charge in [-0.1, -0.05) is 24.3 Å². The minimum Gasteiger partial charge on any atom is -0.385 e. The van der Waals surface area contributed by atoms with Crippen molar-refractivity contribution in [2.24, 2.45) is 0 Å². The lowest BCUT2D eigenvalue weighted by atomic mass is 10.1. The Hall–Kier alpha value is -2.36. The Morgan fingerprint density at radius 2 is 1.95 bits per heavy atom. The molecule has 1 amide bonds. The number of hydrogen-bond donors (Lipinski definition) is 2. The lowest BCUT2D eigenvalue weighted by molar-refractivity contribution is 0.0955. The molecule has 110 valence electrons. The number of rotatable bonds is 6. The second-order valence-electron chi connectivity index (χ2n) is 4.71. The number of benzene rings is 2. The van der Waals surface area contributed by atoms with E-state index in [2.05, 4.69) is 10.6 Å². The maximum Gasteiger partial charge on any atom is 0.253 e. The van der Waals surface area contributed by atoms with E-state index < -0.39 is 0 Å². The Bertz CT molecular complexity index is 613. The van der Waals surface area contributed by atoms with E-state index in [1.54, 1.807) is 12.1 Å². The predicted octanol–water partition coefficient (Wildman–Crippen LogP) is 3.23. The van der Waals surface area contributed by atoms with Crippen LogP contribution in [0.4, 0.5) is 10.1 Å². The van der Waals surface area contributed by atoms with Gasteiger partial charge in [0.1, 0.15) is 5.82 Å². The average molecular weight is 286 g/mol. The third kappa shape index (κ3) is 4.31. The molecule has 0 bridgehead atoms. The second kappa shape index (κ2) is 7.43. The van der Waals surface area contributed by atoms with Crippen molar-refractivity contribution in [3.8, 4) is 0 Å². The number of anilines is 1. The van der Waals surface area contributed by atoms with Crippen LogP contribution in [0, 0.1) is 5.82 Å². The molecular weight excluding hydrogens is 267 g/mol. The molecule has 2 rings (SSSR count). The van der Waals surface area contributed by atoms with Crippen molar-refractivity contribution in [1.29, 1.82) is 0 Å². The van der Waals surface area contributed by atoms with Gasteiger partial charge in [-0.05, 0) is 43.2 Å². The molecule has 3 nitrogen and oxygen atoms in total. The van der Waals surface area contributed by atoms with Crippen LogP contribution in [-0.4, -0.2) is 19.0 Å². The molecular formula is C17H19FN2O. The smallest absolute Gasteiger partial charge is 0.253 e. The van der Waals surface area contributed by atoms with E-state index in [1.807, 2.05) is 31.2 Å². The normalized spacial score (nSPS) is 10.2. The zero-order valence-electron chi connectivity index (χ0n) is 12.0. The minimum absolute atomic E-state index is 0.122. The first-order valence-electron chi connectivity index (χ1n) is 7.06. The fraction of sp³-hybridized carbons (Fsp3) is 0.235. The SMILES string of the molecule is CCNc1ccccc1C(=O)NCCc1cccc(F)c1. The number of nitrogens with one attached hydrogen (secondary N) is 2. The van der Waals surface area contributed by atoms with Gasteiger partial charge in [0.25, 0.3) is 5.91 Å². The monoisotopic (exact) mass is 286 g/mol. The molecule has 2 aromatic carbocycles. The molecule has 21 heavy (non-hydrogen) atoms. The van der Waals surface area contributed by atoms with E-state index in [0.717, 1.165) is 17.8 Å². The summed E-state index contributed by atoms with van der Waals surface area (Å²) in [5, 5.41) is 6.03. The molecule has 0 aliphatic carbocycles. The van der Waals surface area contributed by atoms with Crippen LogP contribution >= 0.6 is 0 Å². The molecule has 0 saturated heterocycles. The first-order chi connectivity index (χ1) is 10.2. The summed E-state index contributed by atoms with van der Waals surface area (Å²) in [5.41, 5.74) is 2.32. The molecule has 0 aromatic heterocycles. The van der Waals surface area contributed by atoms with Crippen LogP contribution in [0.2, 0.25) is 0 Å². The number of halogens is 1. The van der Waals surface area contributed by atoms with Crippen LogP contribution in [0.25, 0.3) is 0 Å². The third-order valence-electron chi connectivity index (χ3n) is 3.13. The van der Waals surface area contributed by atoms with Gasteiger partial charge in [0.2, 0.25) is 0 Å². The van der Waals surface area contributed by atoms with Gasteiger partial charge in [0, 0.05) is 18.8 Å². The lowest BCUT2D eigenvalue weighted by Gasteiger charge is -2.11. The number of amides is 1. The van der Waals surface area contributed by atoms with Crippen molar-refractivity contribution in [2.75, 3.05) is 18.4 Å².